The van der Waals surface area contributed by atoms with Crippen LogP contribution in [0.3, 0.4) is 0 Å². The molecule has 4 heteroatoms. The highest BCUT2D eigenvalue weighted by atomic mass is 35.5. The van der Waals surface area contributed by atoms with Gasteiger partial charge in [0, 0.05) is 16.5 Å². The zero-order valence-electron chi connectivity index (χ0n) is 10.1. The second kappa shape index (κ2) is 6.38. The van der Waals surface area contributed by atoms with Crippen LogP contribution in [-0.4, -0.2) is 11.2 Å². The third-order valence-electron chi connectivity index (χ3n) is 2.85. The SMILES string of the molecule is OC(Cc1ccc(Cl)cc1)Cc1cc(Cl)ccc1F. The fraction of sp³-hybridized carbons (Fsp3) is 0.200. The smallest absolute Gasteiger partial charge is 0.126 e. The van der Waals surface area contributed by atoms with Gasteiger partial charge >= 0.3 is 0 Å². The summed E-state index contributed by atoms with van der Waals surface area (Å²) in [4.78, 5) is 0. The molecule has 2 aromatic rings. The first kappa shape index (κ1) is 14.3. The molecule has 100 valence electrons. The molecule has 0 aliphatic carbocycles. The van der Waals surface area contributed by atoms with Crippen LogP contribution in [0.5, 0.6) is 0 Å². The number of hydrogen-bond donors (Lipinski definition) is 1. The average Bonchev–Trinajstić information content (AvgIpc) is 2.37. The zero-order chi connectivity index (χ0) is 13.8. The quantitative estimate of drug-likeness (QED) is 0.893. The van der Waals surface area contributed by atoms with Gasteiger partial charge in [0.15, 0.2) is 0 Å². The summed E-state index contributed by atoms with van der Waals surface area (Å²) in [6.45, 7) is 0. The van der Waals surface area contributed by atoms with Crippen molar-refractivity contribution in [2.45, 2.75) is 18.9 Å². The van der Waals surface area contributed by atoms with Crippen LogP contribution in [0.2, 0.25) is 10.0 Å². The monoisotopic (exact) mass is 298 g/mol. The molecule has 0 amide bonds. The molecular weight excluding hydrogens is 286 g/mol. The van der Waals surface area contributed by atoms with Crippen LogP contribution in [0.25, 0.3) is 0 Å². The van der Waals surface area contributed by atoms with Crippen LogP contribution in [-0.2, 0) is 12.8 Å². The first-order chi connectivity index (χ1) is 9.04. The Morgan fingerprint density at radius 3 is 2.26 bits per heavy atom. The van der Waals surface area contributed by atoms with Gasteiger partial charge in [-0.2, -0.15) is 0 Å². The van der Waals surface area contributed by atoms with E-state index < -0.39 is 6.10 Å². The minimum absolute atomic E-state index is 0.231. The van der Waals surface area contributed by atoms with Gasteiger partial charge < -0.3 is 5.11 Å². The van der Waals surface area contributed by atoms with Gasteiger partial charge in [0.25, 0.3) is 0 Å². The van der Waals surface area contributed by atoms with E-state index in [1.54, 1.807) is 18.2 Å². The molecule has 0 radical (unpaired) electrons. The summed E-state index contributed by atoms with van der Waals surface area (Å²) < 4.78 is 13.5. The van der Waals surface area contributed by atoms with E-state index in [-0.39, 0.29) is 12.2 Å². The Kier molecular flexibility index (Phi) is 4.81. The summed E-state index contributed by atoms with van der Waals surface area (Å²) >= 11 is 11.6. The number of rotatable bonds is 4. The van der Waals surface area contributed by atoms with Gasteiger partial charge in [0.1, 0.15) is 5.82 Å². The second-order valence-electron chi connectivity index (χ2n) is 4.42. The van der Waals surface area contributed by atoms with Crippen LogP contribution in [0.15, 0.2) is 42.5 Å². The lowest BCUT2D eigenvalue weighted by Gasteiger charge is -2.12. The fourth-order valence-corrected chi connectivity index (χ4v) is 2.24. The van der Waals surface area contributed by atoms with E-state index in [2.05, 4.69) is 0 Å². The molecule has 0 heterocycles. The third kappa shape index (κ3) is 4.20. The van der Waals surface area contributed by atoms with Crippen LogP contribution >= 0.6 is 23.2 Å². The lowest BCUT2D eigenvalue weighted by atomic mass is 10.0. The third-order valence-corrected chi connectivity index (χ3v) is 3.33. The van der Waals surface area contributed by atoms with Gasteiger partial charge in [-0.25, -0.2) is 4.39 Å². The number of halogens is 3. The number of aliphatic hydroxyl groups excluding tert-OH is 1. The average molecular weight is 299 g/mol. The highest BCUT2D eigenvalue weighted by Crippen LogP contribution is 2.18. The molecule has 2 rings (SSSR count). The van der Waals surface area contributed by atoms with Gasteiger partial charge in [-0.05, 0) is 47.9 Å². The maximum absolute atomic E-state index is 13.5. The molecule has 0 bridgehead atoms. The standard InChI is InChI=1S/C15H13Cl2FO/c16-12-3-1-10(2-4-12)7-14(19)9-11-8-13(17)5-6-15(11)18/h1-6,8,14,19H,7,9H2. The highest BCUT2D eigenvalue weighted by Gasteiger charge is 2.11. The van der Waals surface area contributed by atoms with Crippen molar-refractivity contribution >= 4 is 23.2 Å². The van der Waals surface area contributed by atoms with Crippen molar-refractivity contribution in [3.05, 3.63) is 69.5 Å². The van der Waals surface area contributed by atoms with E-state index in [0.717, 1.165) is 5.56 Å². The first-order valence-electron chi connectivity index (χ1n) is 5.91. The summed E-state index contributed by atoms with van der Waals surface area (Å²) in [6.07, 6.45) is 0.0205. The van der Waals surface area contributed by atoms with Crippen LogP contribution in [0.4, 0.5) is 4.39 Å². The first-order valence-corrected chi connectivity index (χ1v) is 6.66. The number of aliphatic hydroxyl groups is 1. The van der Waals surface area contributed by atoms with E-state index in [0.29, 0.717) is 22.0 Å². The van der Waals surface area contributed by atoms with Gasteiger partial charge in [-0.1, -0.05) is 35.3 Å². The normalized spacial score (nSPS) is 12.4. The van der Waals surface area contributed by atoms with Gasteiger partial charge in [0.05, 0.1) is 6.10 Å². The summed E-state index contributed by atoms with van der Waals surface area (Å²) in [5, 5.41) is 11.1. The lowest BCUT2D eigenvalue weighted by molar-refractivity contribution is 0.174. The van der Waals surface area contributed by atoms with Gasteiger partial charge in [-0.3, -0.25) is 0 Å². The Morgan fingerprint density at radius 2 is 1.58 bits per heavy atom. The Balaban J connectivity index is 2.02. The molecule has 1 unspecified atom stereocenters. The zero-order valence-corrected chi connectivity index (χ0v) is 11.6. The molecule has 0 aliphatic heterocycles. The Morgan fingerprint density at radius 1 is 0.947 bits per heavy atom. The summed E-state index contributed by atoms with van der Waals surface area (Å²) in [7, 11) is 0. The molecule has 0 aliphatic rings. The molecule has 0 spiro atoms. The molecule has 0 saturated carbocycles. The minimum Gasteiger partial charge on any atom is -0.392 e. The van der Waals surface area contributed by atoms with Crippen LogP contribution < -0.4 is 0 Å². The van der Waals surface area contributed by atoms with Crippen molar-refractivity contribution in [2.24, 2.45) is 0 Å². The summed E-state index contributed by atoms with van der Waals surface area (Å²) in [6, 6.07) is 11.6. The van der Waals surface area contributed by atoms with Gasteiger partial charge in [-0.15, -0.1) is 0 Å². The van der Waals surface area contributed by atoms with Crippen molar-refractivity contribution < 1.29 is 9.50 Å². The molecule has 0 fully saturated rings. The van der Waals surface area contributed by atoms with Gasteiger partial charge in [0.2, 0.25) is 0 Å². The van der Waals surface area contributed by atoms with Crippen LogP contribution in [0, 0.1) is 5.82 Å². The van der Waals surface area contributed by atoms with Crippen molar-refractivity contribution in [1.29, 1.82) is 0 Å². The van der Waals surface area contributed by atoms with E-state index >= 15 is 0 Å². The van der Waals surface area contributed by atoms with E-state index in [9.17, 15) is 9.50 Å². The number of benzene rings is 2. The molecule has 19 heavy (non-hydrogen) atoms. The highest BCUT2D eigenvalue weighted by molar-refractivity contribution is 6.30. The fourth-order valence-electron chi connectivity index (χ4n) is 1.92. The topological polar surface area (TPSA) is 20.2 Å². The van der Waals surface area contributed by atoms with Crippen molar-refractivity contribution in [2.75, 3.05) is 0 Å². The minimum atomic E-state index is -0.658. The number of hydrogen-bond acceptors (Lipinski definition) is 1. The molecular formula is C15H13Cl2FO. The van der Waals surface area contributed by atoms with Crippen molar-refractivity contribution in [3.8, 4) is 0 Å². The molecule has 1 atom stereocenters. The van der Waals surface area contributed by atoms with E-state index in [1.807, 2.05) is 12.1 Å². The molecule has 1 nitrogen and oxygen atoms in total. The maximum atomic E-state index is 13.5. The molecule has 2 aromatic carbocycles. The van der Waals surface area contributed by atoms with Crippen LogP contribution in [0.1, 0.15) is 11.1 Å². The molecule has 1 N–H and O–H groups in total. The van der Waals surface area contributed by atoms with E-state index in [1.165, 1.54) is 12.1 Å². The Bertz CT molecular complexity index is 555. The summed E-state index contributed by atoms with van der Waals surface area (Å²) in [5.41, 5.74) is 1.38. The second-order valence-corrected chi connectivity index (χ2v) is 5.30. The van der Waals surface area contributed by atoms with Crippen molar-refractivity contribution in [1.82, 2.24) is 0 Å². The lowest BCUT2D eigenvalue weighted by Crippen LogP contribution is -2.14. The molecule has 0 saturated heterocycles. The Hall–Kier alpha value is -1.09. The largest absolute Gasteiger partial charge is 0.392 e. The predicted molar refractivity (Wildman–Crippen MR) is 76.3 cm³/mol. The maximum Gasteiger partial charge on any atom is 0.126 e. The predicted octanol–water partition coefficient (Wildman–Crippen LogP) is 4.28. The Labute approximate surface area is 121 Å². The van der Waals surface area contributed by atoms with E-state index in [4.69, 9.17) is 23.2 Å². The molecule has 0 aromatic heterocycles. The summed E-state index contributed by atoms with van der Waals surface area (Å²) in [5.74, 6) is -0.348. The van der Waals surface area contributed by atoms with Crippen molar-refractivity contribution in [3.63, 3.8) is 0 Å².